The zero-order valence-corrected chi connectivity index (χ0v) is 20.0. The standard InChI is InChI=1S/C20H26N2O8S2/c1-9-16(3,4)12(25)18(30-9)6-11-17(28,13(18)29-10(2)24)7-19-14(26)21(5)20(8-23,32-31-19)15(27)22(11)19/h9,11,13,23,28H,6-8H2,1-5H3/t9?,11-,13+,17+,18+,19-,20+/m1/s1. The molecular formula is C20H26N2O8S2. The minimum absolute atomic E-state index is 0.106. The van der Waals surface area contributed by atoms with Gasteiger partial charge in [0.2, 0.25) is 4.87 Å². The number of Topliss-reactive ketones (excluding diaryl/α,β-unsaturated/α-hetero) is 1. The second-order valence-corrected chi connectivity index (χ2v) is 12.7. The highest BCUT2D eigenvalue weighted by Gasteiger charge is 2.84. The number of carbonyl (C=O) groups excluding carboxylic acids is 4. The van der Waals surface area contributed by atoms with E-state index in [1.807, 2.05) is 0 Å². The lowest BCUT2D eigenvalue weighted by Crippen LogP contribution is -2.77. The maximum atomic E-state index is 13.7. The molecule has 0 aromatic carbocycles. The molecule has 1 saturated carbocycles. The molecule has 0 aromatic heterocycles. The van der Waals surface area contributed by atoms with E-state index in [2.05, 4.69) is 0 Å². The van der Waals surface area contributed by atoms with Gasteiger partial charge in [-0.05, 0) is 17.7 Å². The van der Waals surface area contributed by atoms with Crippen LogP contribution in [0.1, 0.15) is 40.5 Å². The van der Waals surface area contributed by atoms with Crippen LogP contribution in [0.4, 0.5) is 0 Å². The number of aliphatic hydroxyl groups excluding tert-OH is 1. The van der Waals surface area contributed by atoms with Crippen LogP contribution in [0.15, 0.2) is 0 Å². The number of amides is 2. The number of piperazine rings is 1. The van der Waals surface area contributed by atoms with Crippen LogP contribution in [0.5, 0.6) is 0 Å². The van der Waals surface area contributed by atoms with E-state index in [0.717, 1.165) is 21.6 Å². The van der Waals surface area contributed by atoms with Crippen LogP contribution in [0.2, 0.25) is 0 Å². The zero-order chi connectivity index (χ0) is 23.6. The second-order valence-electron chi connectivity index (χ2n) is 10.0. The van der Waals surface area contributed by atoms with Crippen molar-refractivity contribution in [3.8, 4) is 0 Å². The number of hydrogen-bond acceptors (Lipinski definition) is 10. The van der Waals surface area contributed by atoms with Crippen LogP contribution in [-0.4, -0.2) is 96.4 Å². The third-order valence-corrected chi connectivity index (χ3v) is 11.7. The van der Waals surface area contributed by atoms with Gasteiger partial charge >= 0.3 is 5.97 Å². The lowest BCUT2D eigenvalue weighted by molar-refractivity contribution is -0.189. The van der Waals surface area contributed by atoms with Gasteiger partial charge in [0.25, 0.3) is 11.8 Å². The molecule has 6 rings (SSSR count). The number of ketones is 1. The van der Waals surface area contributed by atoms with Crippen molar-refractivity contribution in [3.05, 3.63) is 0 Å². The molecule has 5 saturated heterocycles. The molecule has 32 heavy (non-hydrogen) atoms. The molecule has 176 valence electrons. The van der Waals surface area contributed by atoms with Crippen molar-refractivity contribution in [2.24, 2.45) is 5.41 Å². The first kappa shape index (κ1) is 22.5. The zero-order valence-electron chi connectivity index (χ0n) is 18.4. The lowest BCUT2D eigenvalue weighted by Gasteiger charge is -2.58. The van der Waals surface area contributed by atoms with Gasteiger partial charge in [-0.3, -0.25) is 19.2 Å². The smallest absolute Gasteiger partial charge is 0.303 e. The van der Waals surface area contributed by atoms with Crippen molar-refractivity contribution >= 4 is 45.2 Å². The normalized spacial score (nSPS) is 48.6. The Morgan fingerprint density at radius 2 is 1.91 bits per heavy atom. The molecule has 0 radical (unpaired) electrons. The quantitative estimate of drug-likeness (QED) is 0.394. The summed E-state index contributed by atoms with van der Waals surface area (Å²) >= 11 is 0. The summed E-state index contributed by atoms with van der Waals surface area (Å²) in [6, 6.07) is -0.999. The molecule has 2 spiro atoms. The molecule has 2 N–H and O–H groups in total. The van der Waals surface area contributed by atoms with Gasteiger partial charge in [-0.15, -0.1) is 0 Å². The molecule has 7 atom stereocenters. The summed E-state index contributed by atoms with van der Waals surface area (Å²) in [5.41, 5.74) is -4.41. The van der Waals surface area contributed by atoms with E-state index >= 15 is 0 Å². The average Bonchev–Trinajstić information content (AvgIpc) is 3.17. The summed E-state index contributed by atoms with van der Waals surface area (Å²) in [6.07, 6.45) is -2.22. The number of hydrogen-bond donors (Lipinski definition) is 2. The fourth-order valence-corrected chi connectivity index (χ4v) is 9.75. The first-order valence-corrected chi connectivity index (χ1v) is 12.6. The Bertz CT molecular complexity index is 975. The average molecular weight is 487 g/mol. The largest absolute Gasteiger partial charge is 0.456 e. The Kier molecular flexibility index (Phi) is 4.35. The van der Waals surface area contributed by atoms with Crippen LogP contribution in [-0.2, 0) is 28.7 Å². The van der Waals surface area contributed by atoms with Gasteiger partial charge in [-0.2, -0.15) is 0 Å². The number of fused-ring (bicyclic) bond motifs is 3. The van der Waals surface area contributed by atoms with Gasteiger partial charge in [0.05, 0.1) is 24.2 Å². The first-order chi connectivity index (χ1) is 14.7. The molecule has 12 heteroatoms. The highest BCUT2D eigenvalue weighted by molar-refractivity contribution is 8.78. The Labute approximate surface area is 192 Å². The van der Waals surface area contributed by atoms with E-state index in [4.69, 9.17) is 9.47 Å². The van der Waals surface area contributed by atoms with Gasteiger partial charge in [-0.25, -0.2) is 0 Å². The number of aliphatic hydroxyl groups is 2. The van der Waals surface area contributed by atoms with Crippen molar-refractivity contribution < 1.29 is 38.9 Å². The van der Waals surface area contributed by atoms with Crippen LogP contribution < -0.4 is 0 Å². The topological polar surface area (TPSA) is 134 Å². The van der Waals surface area contributed by atoms with E-state index in [1.165, 1.54) is 23.8 Å². The van der Waals surface area contributed by atoms with Gasteiger partial charge in [-0.1, -0.05) is 24.6 Å². The minimum atomic E-state index is -1.88. The first-order valence-electron chi connectivity index (χ1n) is 10.5. The maximum Gasteiger partial charge on any atom is 0.303 e. The van der Waals surface area contributed by atoms with Crippen LogP contribution in [0.3, 0.4) is 0 Å². The summed E-state index contributed by atoms with van der Waals surface area (Å²) in [6.45, 7) is 5.80. The Morgan fingerprint density at radius 1 is 1.25 bits per heavy atom. The van der Waals surface area contributed by atoms with E-state index in [1.54, 1.807) is 20.8 Å². The molecule has 6 aliphatic rings. The number of carbonyl (C=O) groups is 4. The van der Waals surface area contributed by atoms with Gasteiger partial charge in [0.1, 0.15) is 5.60 Å². The second kappa shape index (κ2) is 6.21. The van der Waals surface area contributed by atoms with E-state index in [0.29, 0.717) is 0 Å². The van der Waals surface area contributed by atoms with Crippen molar-refractivity contribution in [2.75, 3.05) is 13.7 Å². The summed E-state index contributed by atoms with van der Waals surface area (Å²) in [5, 5.41) is 22.1. The van der Waals surface area contributed by atoms with E-state index < -0.39 is 69.0 Å². The van der Waals surface area contributed by atoms with Crippen LogP contribution in [0, 0.1) is 5.41 Å². The van der Waals surface area contributed by atoms with Crippen molar-refractivity contribution in [1.82, 2.24) is 9.80 Å². The molecule has 5 aliphatic heterocycles. The predicted molar refractivity (Wildman–Crippen MR) is 113 cm³/mol. The fourth-order valence-electron chi connectivity index (χ4n) is 6.10. The van der Waals surface area contributed by atoms with Crippen LogP contribution >= 0.6 is 21.6 Å². The maximum absolute atomic E-state index is 13.7. The molecule has 0 aromatic rings. The number of nitrogens with zero attached hydrogens (tertiary/aromatic N) is 2. The van der Waals surface area contributed by atoms with E-state index in [9.17, 15) is 29.4 Å². The third kappa shape index (κ3) is 2.16. The molecule has 2 amide bonds. The monoisotopic (exact) mass is 486 g/mol. The lowest BCUT2D eigenvalue weighted by atomic mass is 9.76. The number of rotatable bonds is 2. The molecule has 5 heterocycles. The number of esters is 1. The van der Waals surface area contributed by atoms with Crippen molar-refractivity contribution in [3.63, 3.8) is 0 Å². The minimum Gasteiger partial charge on any atom is -0.456 e. The van der Waals surface area contributed by atoms with Crippen molar-refractivity contribution in [2.45, 2.75) is 79.7 Å². The SMILES string of the molecule is CC(=O)O[C@H]1[C@]2(O)C[C@]34SS[C@@](CO)(C(=O)N3[C@@H]2C[C@@]12OC(C)C(C)(C)C2=O)N(C)C4=O. The molecule has 10 nitrogen and oxygen atoms in total. The summed E-state index contributed by atoms with van der Waals surface area (Å²) < 4.78 is 11.7. The Balaban J connectivity index is 1.67. The summed E-state index contributed by atoms with van der Waals surface area (Å²) in [5.74, 6) is -1.94. The number of likely N-dealkylation sites (N-methyl/N-ethyl adjacent to an activating group) is 1. The molecule has 1 unspecified atom stereocenters. The molecular weight excluding hydrogens is 460 g/mol. The Hall–Kier alpha value is -1.34. The summed E-state index contributed by atoms with van der Waals surface area (Å²) in [4.78, 5) is 52.4. The van der Waals surface area contributed by atoms with Gasteiger partial charge < -0.3 is 29.5 Å². The van der Waals surface area contributed by atoms with Gasteiger partial charge in [0, 0.05) is 26.8 Å². The molecule has 1 aliphatic carbocycles. The van der Waals surface area contributed by atoms with Gasteiger partial charge in [0.15, 0.2) is 22.4 Å². The predicted octanol–water partition coefficient (Wildman–Crippen LogP) is -0.341. The molecule has 6 fully saturated rings. The van der Waals surface area contributed by atoms with Crippen molar-refractivity contribution in [1.29, 1.82) is 0 Å². The van der Waals surface area contributed by atoms with Crippen LogP contribution in [0.25, 0.3) is 0 Å². The highest BCUT2D eigenvalue weighted by Crippen LogP contribution is 2.69. The number of ether oxygens (including phenoxy) is 2. The third-order valence-electron chi connectivity index (χ3n) is 8.10. The fraction of sp³-hybridized carbons (Fsp3) is 0.800. The Morgan fingerprint density at radius 3 is 2.44 bits per heavy atom. The van der Waals surface area contributed by atoms with E-state index in [-0.39, 0.29) is 18.6 Å². The highest BCUT2D eigenvalue weighted by atomic mass is 33.1. The summed E-state index contributed by atoms with van der Waals surface area (Å²) in [7, 11) is 3.67. The molecule has 2 bridgehead atoms.